The molecule has 21 heavy (non-hydrogen) atoms. The standard InChI is InChI=1S/C14H8ClF3N2S/c15-9-1-2-11-12(6-9)21-13(20-11)7-3-8(14(16,17)18)5-10(19)4-7/h1-6H,19H2. The van der Waals surface area contributed by atoms with Crippen LogP contribution in [0, 0.1) is 0 Å². The van der Waals surface area contributed by atoms with Gasteiger partial charge in [-0.25, -0.2) is 4.98 Å². The van der Waals surface area contributed by atoms with Crippen molar-refractivity contribution in [1.82, 2.24) is 4.98 Å². The van der Waals surface area contributed by atoms with Crippen molar-refractivity contribution in [2.24, 2.45) is 0 Å². The van der Waals surface area contributed by atoms with E-state index in [1.807, 2.05) is 0 Å². The minimum Gasteiger partial charge on any atom is -0.399 e. The van der Waals surface area contributed by atoms with Crippen LogP contribution in [0.1, 0.15) is 5.56 Å². The fraction of sp³-hybridized carbons (Fsp3) is 0.0714. The number of nitrogens with two attached hydrogens (primary N) is 1. The number of nitrogens with zero attached hydrogens (tertiary/aromatic N) is 1. The van der Waals surface area contributed by atoms with Gasteiger partial charge >= 0.3 is 6.18 Å². The van der Waals surface area contributed by atoms with Gasteiger partial charge < -0.3 is 5.73 Å². The minimum atomic E-state index is -4.44. The summed E-state index contributed by atoms with van der Waals surface area (Å²) in [6.45, 7) is 0. The Bertz CT molecular complexity index is 827. The highest BCUT2D eigenvalue weighted by atomic mass is 35.5. The van der Waals surface area contributed by atoms with Crippen LogP contribution in [-0.4, -0.2) is 4.98 Å². The van der Waals surface area contributed by atoms with Crippen molar-refractivity contribution in [2.75, 3.05) is 5.73 Å². The molecule has 3 rings (SSSR count). The first-order valence-electron chi connectivity index (χ1n) is 5.87. The quantitative estimate of drug-likeness (QED) is 0.622. The van der Waals surface area contributed by atoms with Gasteiger partial charge in [0.25, 0.3) is 0 Å². The Morgan fingerprint density at radius 2 is 1.86 bits per heavy atom. The van der Waals surface area contributed by atoms with E-state index in [-0.39, 0.29) is 5.69 Å². The number of nitrogen functional groups attached to an aromatic ring is 1. The highest BCUT2D eigenvalue weighted by molar-refractivity contribution is 7.21. The third-order valence-electron chi connectivity index (χ3n) is 2.88. The van der Waals surface area contributed by atoms with Crippen LogP contribution in [0.2, 0.25) is 5.02 Å². The first-order valence-corrected chi connectivity index (χ1v) is 7.06. The molecule has 0 saturated heterocycles. The zero-order chi connectivity index (χ0) is 15.2. The molecule has 2 N–H and O–H groups in total. The zero-order valence-corrected chi connectivity index (χ0v) is 12.0. The Morgan fingerprint density at radius 3 is 2.57 bits per heavy atom. The summed E-state index contributed by atoms with van der Waals surface area (Å²) in [5, 5.41) is 1.03. The molecule has 0 saturated carbocycles. The van der Waals surface area contributed by atoms with Gasteiger partial charge in [-0.15, -0.1) is 11.3 Å². The molecule has 2 nitrogen and oxygen atoms in total. The van der Waals surface area contributed by atoms with Crippen LogP contribution in [0.3, 0.4) is 0 Å². The minimum absolute atomic E-state index is 0.0529. The molecular weight excluding hydrogens is 321 g/mol. The van der Waals surface area contributed by atoms with Gasteiger partial charge in [-0.05, 0) is 36.4 Å². The van der Waals surface area contributed by atoms with Gasteiger partial charge in [0, 0.05) is 16.3 Å². The van der Waals surface area contributed by atoms with Crippen LogP contribution in [0.25, 0.3) is 20.8 Å². The molecule has 7 heteroatoms. The molecule has 0 amide bonds. The van der Waals surface area contributed by atoms with Gasteiger partial charge in [0.15, 0.2) is 0 Å². The highest BCUT2D eigenvalue weighted by Gasteiger charge is 2.31. The van der Waals surface area contributed by atoms with Crippen LogP contribution >= 0.6 is 22.9 Å². The van der Waals surface area contributed by atoms with E-state index in [2.05, 4.69) is 4.98 Å². The summed E-state index contributed by atoms with van der Waals surface area (Å²) >= 11 is 7.17. The van der Waals surface area contributed by atoms with E-state index < -0.39 is 11.7 Å². The fourth-order valence-corrected chi connectivity index (χ4v) is 3.19. The molecule has 2 aromatic carbocycles. The second-order valence-electron chi connectivity index (χ2n) is 4.47. The molecule has 0 radical (unpaired) electrons. The van der Waals surface area contributed by atoms with Crippen LogP contribution in [0.4, 0.5) is 18.9 Å². The van der Waals surface area contributed by atoms with Gasteiger partial charge in [-0.2, -0.15) is 13.2 Å². The van der Waals surface area contributed by atoms with Crippen molar-refractivity contribution in [1.29, 1.82) is 0 Å². The molecule has 0 aliphatic carbocycles. The number of benzene rings is 2. The summed E-state index contributed by atoms with van der Waals surface area (Å²) in [4.78, 5) is 4.33. The maximum atomic E-state index is 12.8. The van der Waals surface area contributed by atoms with Crippen molar-refractivity contribution in [2.45, 2.75) is 6.18 Å². The van der Waals surface area contributed by atoms with Gasteiger partial charge in [-0.1, -0.05) is 11.6 Å². The highest BCUT2D eigenvalue weighted by Crippen LogP contribution is 2.37. The average Bonchev–Trinajstić information content (AvgIpc) is 2.80. The Hall–Kier alpha value is -1.79. The molecule has 0 spiro atoms. The lowest BCUT2D eigenvalue weighted by Crippen LogP contribution is -2.05. The lowest BCUT2D eigenvalue weighted by atomic mass is 10.1. The van der Waals surface area contributed by atoms with Crippen molar-refractivity contribution in [3.05, 3.63) is 47.0 Å². The van der Waals surface area contributed by atoms with E-state index in [1.54, 1.807) is 18.2 Å². The molecule has 0 aliphatic heterocycles. The summed E-state index contributed by atoms with van der Waals surface area (Å²) in [6, 6.07) is 8.59. The molecule has 3 aromatic rings. The van der Waals surface area contributed by atoms with E-state index in [9.17, 15) is 13.2 Å². The Morgan fingerprint density at radius 1 is 1.10 bits per heavy atom. The molecule has 108 valence electrons. The van der Waals surface area contributed by atoms with Crippen LogP contribution in [0.5, 0.6) is 0 Å². The molecule has 0 fully saturated rings. The largest absolute Gasteiger partial charge is 0.416 e. The number of halogens is 4. The summed E-state index contributed by atoms with van der Waals surface area (Å²) in [6.07, 6.45) is -4.44. The number of thiazole rings is 1. The first-order chi connectivity index (χ1) is 9.83. The van der Waals surface area contributed by atoms with Crippen molar-refractivity contribution in [3.8, 4) is 10.6 Å². The monoisotopic (exact) mass is 328 g/mol. The van der Waals surface area contributed by atoms with E-state index in [4.69, 9.17) is 17.3 Å². The topological polar surface area (TPSA) is 38.9 Å². The number of hydrogen-bond acceptors (Lipinski definition) is 3. The lowest BCUT2D eigenvalue weighted by Gasteiger charge is -2.09. The third-order valence-corrected chi connectivity index (χ3v) is 4.18. The third kappa shape index (κ3) is 2.82. The average molecular weight is 329 g/mol. The molecule has 1 heterocycles. The van der Waals surface area contributed by atoms with Gasteiger partial charge in [0.05, 0.1) is 15.8 Å². The van der Waals surface area contributed by atoms with E-state index in [0.717, 1.165) is 16.8 Å². The molecule has 0 unspecified atom stereocenters. The maximum absolute atomic E-state index is 12.8. The second kappa shape index (κ2) is 4.89. The van der Waals surface area contributed by atoms with Crippen LogP contribution in [0.15, 0.2) is 36.4 Å². The van der Waals surface area contributed by atoms with Gasteiger partial charge in [0.1, 0.15) is 5.01 Å². The van der Waals surface area contributed by atoms with Crippen LogP contribution < -0.4 is 5.73 Å². The van der Waals surface area contributed by atoms with Crippen LogP contribution in [-0.2, 0) is 6.18 Å². The molecular formula is C14H8ClF3N2S. The van der Waals surface area contributed by atoms with Crippen molar-refractivity contribution in [3.63, 3.8) is 0 Å². The number of rotatable bonds is 1. The molecule has 1 aromatic heterocycles. The van der Waals surface area contributed by atoms with E-state index >= 15 is 0 Å². The smallest absolute Gasteiger partial charge is 0.399 e. The summed E-state index contributed by atoms with van der Waals surface area (Å²) in [5.41, 5.74) is 5.87. The van der Waals surface area contributed by atoms with Crippen molar-refractivity contribution >= 4 is 38.8 Å². The normalized spacial score (nSPS) is 12.0. The zero-order valence-electron chi connectivity index (χ0n) is 10.4. The summed E-state index contributed by atoms with van der Waals surface area (Å²) < 4.78 is 39.3. The summed E-state index contributed by atoms with van der Waals surface area (Å²) in [5.74, 6) is 0. The number of aromatic nitrogens is 1. The van der Waals surface area contributed by atoms with E-state index in [1.165, 1.54) is 17.4 Å². The second-order valence-corrected chi connectivity index (χ2v) is 5.94. The number of alkyl halides is 3. The van der Waals surface area contributed by atoms with Gasteiger partial charge in [0.2, 0.25) is 0 Å². The Kier molecular flexibility index (Phi) is 3.30. The lowest BCUT2D eigenvalue weighted by molar-refractivity contribution is -0.137. The number of fused-ring (bicyclic) bond motifs is 1. The Balaban J connectivity index is 2.16. The first kappa shape index (κ1) is 14.2. The maximum Gasteiger partial charge on any atom is 0.416 e. The predicted octanol–water partition coefficient (Wildman–Crippen LogP) is 5.22. The van der Waals surface area contributed by atoms with Gasteiger partial charge in [-0.3, -0.25) is 0 Å². The SMILES string of the molecule is Nc1cc(-c2nc3ccc(Cl)cc3s2)cc(C(F)(F)F)c1. The molecule has 0 aliphatic rings. The van der Waals surface area contributed by atoms with E-state index in [0.29, 0.717) is 21.1 Å². The predicted molar refractivity (Wildman–Crippen MR) is 79.5 cm³/mol. The van der Waals surface area contributed by atoms with Crippen molar-refractivity contribution < 1.29 is 13.2 Å². The Labute approximate surface area is 127 Å². The fourth-order valence-electron chi connectivity index (χ4n) is 1.96. The molecule has 0 atom stereocenters. The number of hydrogen-bond donors (Lipinski definition) is 1. The number of anilines is 1. The molecule has 0 bridgehead atoms. The summed E-state index contributed by atoms with van der Waals surface area (Å²) in [7, 11) is 0.